The summed E-state index contributed by atoms with van der Waals surface area (Å²) in [5, 5.41) is 0. The van der Waals surface area contributed by atoms with Crippen LogP contribution in [0.15, 0.2) is 79.4 Å². The van der Waals surface area contributed by atoms with Crippen LogP contribution in [-0.4, -0.2) is 4.57 Å². The van der Waals surface area contributed by atoms with E-state index in [4.69, 9.17) is 0 Å². The Balaban J connectivity index is 1.62. The Hall–Kier alpha value is -2.35. The van der Waals surface area contributed by atoms with E-state index in [1.165, 1.54) is 114 Å². The minimum absolute atomic E-state index is 0.0161. The summed E-state index contributed by atoms with van der Waals surface area (Å²) < 4.78 is 5.00. The third-order valence-corrected chi connectivity index (χ3v) is 9.01. The number of hydrogen-bond donors (Lipinski definition) is 0. The van der Waals surface area contributed by atoms with E-state index in [-0.39, 0.29) is 5.41 Å². The van der Waals surface area contributed by atoms with Crippen molar-refractivity contribution in [3.63, 3.8) is 0 Å². The first-order chi connectivity index (χ1) is 19.7. The van der Waals surface area contributed by atoms with Crippen molar-refractivity contribution >= 4 is 0 Å². The average Bonchev–Trinajstić information content (AvgIpc) is 3.45. The number of benzene rings is 2. The Morgan fingerprint density at radius 1 is 0.650 bits per heavy atom. The molecule has 0 fully saturated rings. The Kier molecular flexibility index (Phi) is 15.2. The van der Waals surface area contributed by atoms with E-state index in [0.717, 1.165) is 13.0 Å². The van der Waals surface area contributed by atoms with E-state index in [1.807, 2.05) is 0 Å². The lowest BCUT2D eigenvalue weighted by atomic mass is 9.70. The van der Waals surface area contributed by atoms with E-state index in [9.17, 15) is 0 Å². The highest BCUT2D eigenvalue weighted by Crippen LogP contribution is 2.41. The summed E-state index contributed by atoms with van der Waals surface area (Å²) in [5.41, 5.74) is 2.89. The quantitative estimate of drug-likeness (QED) is 0.0880. The lowest BCUT2D eigenvalue weighted by molar-refractivity contribution is -0.697. The van der Waals surface area contributed by atoms with Crippen LogP contribution in [0.1, 0.15) is 141 Å². The number of imidazole rings is 1. The molecule has 0 bridgehead atoms. The molecule has 0 amide bonds. The standard InChI is InChI=1S/C38H59N2/c1-4-6-8-10-11-12-13-14-15-16-24-30-39-31-32-40(34-39)37(29-23-9-7-5-2)38(3,36-27-21-18-22-28-36)33-35-25-19-17-20-26-35/h17-22,25-28,31-32,34,37H,4-16,23-24,29-30,33H2,1-3H3/q+1. The Bertz CT molecular complexity index is 1010. The smallest absolute Gasteiger partial charge is 0.237 e. The summed E-state index contributed by atoms with van der Waals surface area (Å²) in [4.78, 5) is 0. The van der Waals surface area contributed by atoms with Gasteiger partial charge in [-0.05, 0) is 43.2 Å². The SMILES string of the molecule is CCCCCCCCCCCCC[n+]1ccn(C(CCCCCC)C(C)(Cc2ccccc2)c2ccccc2)c1. The van der Waals surface area contributed by atoms with Crippen LogP contribution in [0.2, 0.25) is 0 Å². The zero-order valence-electron chi connectivity index (χ0n) is 26.2. The van der Waals surface area contributed by atoms with Gasteiger partial charge in [0.25, 0.3) is 0 Å². The summed E-state index contributed by atoms with van der Waals surface area (Å²) in [6.45, 7) is 8.25. The summed E-state index contributed by atoms with van der Waals surface area (Å²) in [7, 11) is 0. The molecule has 0 aliphatic carbocycles. The van der Waals surface area contributed by atoms with Gasteiger partial charge in [-0.15, -0.1) is 0 Å². The van der Waals surface area contributed by atoms with Gasteiger partial charge in [0.05, 0.1) is 6.54 Å². The second-order valence-electron chi connectivity index (χ2n) is 12.4. The van der Waals surface area contributed by atoms with Crippen molar-refractivity contribution in [1.82, 2.24) is 4.57 Å². The van der Waals surface area contributed by atoms with Gasteiger partial charge in [0, 0.05) is 5.41 Å². The van der Waals surface area contributed by atoms with Gasteiger partial charge in [-0.25, -0.2) is 9.13 Å². The number of unbranched alkanes of at least 4 members (excludes halogenated alkanes) is 13. The van der Waals surface area contributed by atoms with Gasteiger partial charge in [0.15, 0.2) is 0 Å². The van der Waals surface area contributed by atoms with Gasteiger partial charge in [-0.3, -0.25) is 0 Å². The van der Waals surface area contributed by atoms with Gasteiger partial charge in [-0.2, -0.15) is 0 Å². The molecule has 3 rings (SSSR count). The van der Waals surface area contributed by atoms with Crippen LogP contribution in [0.4, 0.5) is 0 Å². The van der Waals surface area contributed by atoms with Gasteiger partial charge >= 0.3 is 0 Å². The van der Waals surface area contributed by atoms with Gasteiger partial charge in [0.1, 0.15) is 18.4 Å². The van der Waals surface area contributed by atoms with Crippen molar-refractivity contribution in [2.45, 2.75) is 148 Å². The lowest BCUT2D eigenvalue weighted by Crippen LogP contribution is -2.38. The number of hydrogen-bond acceptors (Lipinski definition) is 0. The van der Waals surface area contributed by atoms with Gasteiger partial charge < -0.3 is 0 Å². The fourth-order valence-corrected chi connectivity index (χ4v) is 6.50. The van der Waals surface area contributed by atoms with Crippen LogP contribution in [0.25, 0.3) is 0 Å². The van der Waals surface area contributed by atoms with Crippen molar-refractivity contribution in [3.05, 3.63) is 90.5 Å². The molecule has 0 spiro atoms. The van der Waals surface area contributed by atoms with Crippen LogP contribution in [0.3, 0.4) is 0 Å². The first kappa shape index (κ1) is 32.2. The molecule has 1 heterocycles. The molecular weight excluding hydrogens is 484 g/mol. The van der Waals surface area contributed by atoms with Gasteiger partial charge in [0.2, 0.25) is 6.33 Å². The van der Waals surface area contributed by atoms with Crippen molar-refractivity contribution in [2.24, 2.45) is 0 Å². The first-order valence-electron chi connectivity index (χ1n) is 16.8. The molecule has 2 nitrogen and oxygen atoms in total. The topological polar surface area (TPSA) is 8.81 Å². The van der Waals surface area contributed by atoms with E-state index >= 15 is 0 Å². The van der Waals surface area contributed by atoms with Crippen LogP contribution in [0, 0.1) is 0 Å². The summed E-state index contributed by atoms with van der Waals surface area (Å²) in [6.07, 6.45) is 29.9. The van der Waals surface area contributed by atoms with Gasteiger partial charge in [-0.1, -0.05) is 158 Å². The first-order valence-corrected chi connectivity index (χ1v) is 16.8. The highest BCUT2D eigenvalue weighted by molar-refractivity contribution is 5.30. The molecule has 2 atom stereocenters. The highest BCUT2D eigenvalue weighted by atomic mass is 15.1. The summed E-state index contributed by atoms with van der Waals surface area (Å²) in [5.74, 6) is 0. The molecule has 0 N–H and O–H groups in total. The fourth-order valence-electron chi connectivity index (χ4n) is 6.50. The highest BCUT2D eigenvalue weighted by Gasteiger charge is 2.40. The van der Waals surface area contributed by atoms with Crippen molar-refractivity contribution in [2.75, 3.05) is 0 Å². The largest absolute Gasteiger partial charge is 0.244 e. The molecule has 0 saturated heterocycles. The molecule has 0 saturated carbocycles. The lowest BCUT2D eigenvalue weighted by Gasteiger charge is -2.37. The molecule has 2 heteroatoms. The molecule has 2 aromatic carbocycles. The van der Waals surface area contributed by atoms with E-state index in [1.54, 1.807) is 0 Å². The van der Waals surface area contributed by atoms with E-state index in [2.05, 4.69) is 109 Å². The molecule has 1 aromatic heterocycles. The summed E-state index contributed by atoms with van der Waals surface area (Å²) >= 11 is 0. The van der Waals surface area contributed by atoms with E-state index in [0.29, 0.717) is 6.04 Å². The monoisotopic (exact) mass is 543 g/mol. The number of aryl methyl sites for hydroxylation is 1. The molecule has 220 valence electrons. The minimum atomic E-state index is 0.0161. The number of aromatic nitrogens is 2. The molecule has 2 unspecified atom stereocenters. The fraction of sp³-hybridized carbons (Fsp3) is 0.605. The Labute approximate surface area is 247 Å². The third-order valence-electron chi connectivity index (χ3n) is 9.01. The predicted octanol–water partition coefficient (Wildman–Crippen LogP) is 10.8. The average molecular weight is 544 g/mol. The maximum absolute atomic E-state index is 2.56. The third kappa shape index (κ3) is 10.9. The molecule has 3 aromatic rings. The predicted molar refractivity (Wildman–Crippen MR) is 173 cm³/mol. The van der Waals surface area contributed by atoms with Crippen LogP contribution >= 0.6 is 0 Å². The zero-order chi connectivity index (χ0) is 28.3. The molecular formula is C38H59N2+. The van der Waals surface area contributed by atoms with Crippen molar-refractivity contribution in [1.29, 1.82) is 0 Å². The molecule has 40 heavy (non-hydrogen) atoms. The number of nitrogens with zero attached hydrogens (tertiary/aromatic N) is 2. The normalized spacial score (nSPS) is 13.8. The number of rotatable bonds is 22. The van der Waals surface area contributed by atoms with Crippen molar-refractivity contribution < 1.29 is 4.57 Å². The maximum Gasteiger partial charge on any atom is 0.244 e. The van der Waals surface area contributed by atoms with Crippen LogP contribution < -0.4 is 4.57 Å². The minimum Gasteiger partial charge on any atom is -0.237 e. The van der Waals surface area contributed by atoms with E-state index < -0.39 is 0 Å². The van der Waals surface area contributed by atoms with Crippen molar-refractivity contribution in [3.8, 4) is 0 Å². The Morgan fingerprint density at radius 3 is 1.77 bits per heavy atom. The second kappa shape index (κ2) is 18.9. The molecule has 0 radical (unpaired) electrons. The van der Waals surface area contributed by atoms with Crippen LogP contribution in [0.5, 0.6) is 0 Å². The molecule has 0 aliphatic rings. The zero-order valence-corrected chi connectivity index (χ0v) is 26.2. The second-order valence-corrected chi connectivity index (χ2v) is 12.4. The summed E-state index contributed by atoms with van der Waals surface area (Å²) in [6, 6.07) is 22.8. The maximum atomic E-state index is 2.56. The van der Waals surface area contributed by atoms with Crippen LogP contribution in [-0.2, 0) is 18.4 Å². The Morgan fingerprint density at radius 2 is 1.18 bits per heavy atom. The molecule has 0 aliphatic heterocycles.